The third-order valence-corrected chi connectivity index (χ3v) is 6.23. The van der Waals surface area contributed by atoms with Crippen molar-refractivity contribution in [1.29, 1.82) is 0 Å². The maximum Gasteiger partial charge on any atom is 0.165 e. The third kappa shape index (κ3) is 4.02. The molecule has 0 spiro atoms. The van der Waals surface area contributed by atoms with Crippen LogP contribution in [0.4, 0.5) is 13.2 Å². The normalized spacial score (nSPS) is 24.2. The van der Waals surface area contributed by atoms with Crippen molar-refractivity contribution in [3.8, 4) is 0 Å². The first-order chi connectivity index (χ1) is 13.6. The summed E-state index contributed by atoms with van der Waals surface area (Å²) in [6.45, 7) is 4.08. The highest BCUT2D eigenvalue weighted by molar-refractivity contribution is 5.48. The Morgan fingerprint density at radius 1 is 0.964 bits per heavy atom. The Hall–Kier alpha value is -2.07. The van der Waals surface area contributed by atoms with Gasteiger partial charge in [0, 0.05) is 11.1 Å². The highest BCUT2D eigenvalue weighted by Gasteiger charge is 2.32. The first-order valence-corrected chi connectivity index (χ1v) is 10.1. The van der Waals surface area contributed by atoms with Gasteiger partial charge >= 0.3 is 0 Å². The molecule has 1 atom stereocenters. The quantitative estimate of drug-likeness (QED) is 0.502. The van der Waals surface area contributed by atoms with Crippen molar-refractivity contribution in [2.75, 3.05) is 6.61 Å². The average molecular weight is 386 g/mol. The summed E-state index contributed by atoms with van der Waals surface area (Å²) in [4.78, 5) is 0. The standard InChI is InChI=1S/C24H25F3O/c1-2-17-8-7-16(13-21(17)25)4-3-15-5-9-18(10-6-15)19-11-12-20(22-14-28-22)24(27)23(19)26/h2,7-8,11-13,15,18,22H,1,3-6,9-10,14H2. The molecule has 1 saturated carbocycles. The topological polar surface area (TPSA) is 12.5 Å². The van der Waals surface area contributed by atoms with Crippen LogP contribution in [0.15, 0.2) is 36.9 Å². The second-order valence-electron chi connectivity index (χ2n) is 8.01. The number of epoxide rings is 1. The van der Waals surface area contributed by atoms with Gasteiger partial charge in [-0.2, -0.15) is 0 Å². The average Bonchev–Trinajstić information content (AvgIpc) is 3.54. The molecule has 0 bridgehead atoms. The summed E-state index contributed by atoms with van der Waals surface area (Å²) in [6, 6.07) is 8.73. The molecule has 2 aromatic rings. The number of hydrogen-bond acceptors (Lipinski definition) is 1. The van der Waals surface area contributed by atoms with E-state index in [9.17, 15) is 13.2 Å². The smallest absolute Gasteiger partial charge is 0.165 e. The van der Waals surface area contributed by atoms with E-state index in [2.05, 4.69) is 6.58 Å². The van der Waals surface area contributed by atoms with Gasteiger partial charge in [0.2, 0.25) is 0 Å². The molecular formula is C24H25F3O. The number of ether oxygens (including phenoxy) is 1. The van der Waals surface area contributed by atoms with Crippen molar-refractivity contribution in [2.45, 2.75) is 50.5 Å². The fourth-order valence-electron chi connectivity index (χ4n) is 4.40. The van der Waals surface area contributed by atoms with Crippen LogP contribution < -0.4 is 0 Å². The van der Waals surface area contributed by atoms with Gasteiger partial charge in [0.05, 0.1) is 6.61 Å². The Morgan fingerprint density at radius 2 is 1.64 bits per heavy atom. The van der Waals surface area contributed by atoms with Crippen molar-refractivity contribution < 1.29 is 17.9 Å². The number of benzene rings is 2. The van der Waals surface area contributed by atoms with Gasteiger partial charge in [-0.1, -0.05) is 36.9 Å². The molecule has 0 amide bonds. The summed E-state index contributed by atoms with van der Waals surface area (Å²) < 4.78 is 47.8. The predicted molar refractivity (Wildman–Crippen MR) is 105 cm³/mol. The van der Waals surface area contributed by atoms with Crippen LogP contribution >= 0.6 is 0 Å². The molecule has 1 unspecified atom stereocenters. The van der Waals surface area contributed by atoms with Crippen LogP contribution in [0.25, 0.3) is 6.08 Å². The second kappa shape index (κ2) is 8.12. The lowest BCUT2D eigenvalue weighted by atomic mass is 9.76. The fourth-order valence-corrected chi connectivity index (χ4v) is 4.40. The van der Waals surface area contributed by atoms with Gasteiger partial charge in [-0.05, 0) is 67.6 Å². The van der Waals surface area contributed by atoms with E-state index in [-0.39, 0.29) is 17.8 Å². The molecule has 1 heterocycles. The lowest BCUT2D eigenvalue weighted by Gasteiger charge is -2.29. The molecule has 148 valence electrons. The van der Waals surface area contributed by atoms with Crippen molar-refractivity contribution in [3.63, 3.8) is 0 Å². The highest BCUT2D eigenvalue weighted by atomic mass is 19.2. The van der Waals surface area contributed by atoms with Crippen molar-refractivity contribution in [1.82, 2.24) is 0 Å². The van der Waals surface area contributed by atoms with Gasteiger partial charge in [0.15, 0.2) is 11.6 Å². The monoisotopic (exact) mass is 386 g/mol. The molecule has 4 heteroatoms. The molecule has 2 aromatic carbocycles. The van der Waals surface area contributed by atoms with E-state index in [4.69, 9.17) is 4.74 Å². The minimum Gasteiger partial charge on any atom is -0.368 e. The molecule has 0 radical (unpaired) electrons. The van der Waals surface area contributed by atoms with E-state index in [1.54, 1.807) is 24.3 Å². The summed E-state index contributed by atoms with van der Waals surface area (Å²) in [5.74, 6) is -1.05. The first-order valence-electron chi connectivity index (χ1n) is 10.1. The summed E-state index contributed by atoms with van der Waals surface area (Å²) in [5.41, 5.74) is 2.36. The lowest BCUT2D eigenvalue weighted by molar-refractivity contribution is 0.304. The largest absolute Gasteiger partial charge is 0.368 e. The molecule has 2 fully saturated rings. The first kappa shape index (κ1) is 19.3. The SMILES string of the molecule is C=Cc1ccc(CCC2CCC(c3ccc(C4CO4)c(F)c3F)CC2)cc1F. The Labute approximate surface area is 164 Å². The lowest BCUT2D eigenvalue weighted by Crippen LogP contribution is -2.16. The summed E-state index contributed by atoms with van der Waals surface area (Å²) in [7, 11) is 0. The minimum atomic E-state index is -0.743. The Morgan fingerprint density at radius 3 is 2.29 bits per heavy atom. The van der Waals surface area contributed by atoms with E-state index in [0.29, 0.717) is 29.2 Å². The van der Waals surface area contributed by atoms with Gasteiger partial charge in [0.25, 0.3) is 0 Å². The Kier molecular flexibility index (Phi) is 5.58. The number of halogens is 3. The minimum absolute atomic E-state index is 0.0734. The Balaban J connectivity index is 1.33. The molecular weight excluding hydrogens is 361 g/mol. The summed E-state index contributed by atoms with van der Waals surface area (Å²) in [5, 5.41) is 0. The van der Waals surface area contributed by atoms with Crippen LogP contribution in [0.2, 0.25) is 0 Å². The van der Waals surface area contributed by atoms with Crippen LogP contribution in [0.3, 0.4) is 0 Å². The van der Waals surface area contributed by atoms with Crippen molar-refractivity contribution in [3.05, 3.63) is 76.6 Å². The molecule has 4 rings (SSSR count). The molecule has 0 N–H and O–H groups in total. The second-order valence-corrected chi connectivity index (χ2v) is 8.01. The maximum atomic E-state index is 14.5. The third-order valence-electron chi connectivity index (χ3n) is 6.23. The van der Waals surface area contributed by atoms with Crippen molar-refractivity contribution in [2.24, 2.45) is 5.92 Å². The zero-order valence-electron chi connectivity index (χ0n) is 15.9. The Bertz CT molecular complexity index is 864. The molecule has 1 saturated heterocycles. The van der Waals surface area contributed by atoms with Crippen LogP contribution in [0.5, 0.6) is 0 Å². The molecule has 1 aliphatic heterocycles. The van der Waals surface area contributed by atoms with Crippen molar-refractivity contribution >= 4 is 6.08 Å². The molecule has 2 aliphatic rings. The zero-order chi connectivity index (χ0) is 19.7. The maximum absolute atomic E-state index is 14.5. The fraction of sp³-hybridized carbons (Fsp3) is 0.417. The van der Waals surface area contributed by atoms with Crippen LogP contribution in [-0.2, 0) is 11.2 Å². The predicted octanol–water partition coefficient (Wildman–Crippen LogP) is 6.72. The summed E-state index contributed by atoms with van der Waals surface area (Å²) >= 11 is 0. The number of aryl methyl sites for hydroxylation is 1. The van der Waals surface area contributed by atoms with Gasteiger partial charge in [-0.3, -0.25) is 0 Å². The van der Waals surface area contributed by atoms with Gasteiger partial charge in [0.1, 0.15) is 11.9 Å². The molecule has 0 aromatic heterocycles. The van der Waals surface area contributed by atoms with Crippen LogP contribution in [0, 0.1) is 23.4 Å². The van der Waals surface area contributed by atoms with Crippen LogP contribution in [0.1, 0.15) is 66.4 Å². The van der Waals surface area contributed by atoms with E-state index >= 15 is 0 Å². The molecule has 1 aliphatic carbocycles. The number of hydrogen-bond donors (Lipinski definition) is 0. The highest BCUT2D eigenvalue weighted by Crippen LogP contribution is 2.41. The van der Waals surface area contributed by atoms with Gasteiger partial charge in [-0.25, -0.2) is 13.2 Å². The van der Waals surface area contributed by atoms with Gasteiger partial charge in [-0.15, -0.1) is 0 Å². The number of rotatable bonds is 6. The van der Waals surface area contributed by atoms with Gasteiger partial charge < -0.3 is 4.74 Å². The zero-order valence-corrected chi connectivity index (χ0v) is 15.9. The van der Waals surface area contributed by atoms with E-state index in [1.807, 2.05) is 6.07 Å². The molecule has 28 heavy (non-hydrogen) atoms. The van der Waals surface area contributed by atoms with E-state index in [0.717, 1.165) is 44.1 Å². The summed E-state index contributed by atoms with van der Waals surface area (Å²) in [6.07, 6.45) is 6.79. The van der Waals surface area contributed by atoms with E-state index < -0.39 is 11.6 Å². The molecule has 1 nitrogen and oxygen atoms in total. The van der Waals surface area contributed by atoms with Crippen LogP contribution in [-0.4, -0.2) is 6.61 Å². The van der Waals surface area contributed by atoms with E-state index in [1.165, 1.54) is 6.08 Å².